The zero-order valence-corrected chi connectivity index (χ0v) is 11.8. The summed E-state index contributed by atoms with van der Waals surface area (Å²) in [5.74, 6) is -0.0831. The molecule has 3 nitrogen and oxygen atoms in total. The van der Waals surface area contributed by atoms with E-state index in [4.69, 9.17) is 10.7 Å². The number of phenolic OH excluding ortho intramolecular Hbond substituents is 1. The van der Waals surface area contributed by atoms with Crippen LogP contribution in [0.25, 0.3) is 0 Å². The fourth-order valence-corrected chi connectivity index (χ4v) is 5.80. The zero-order chi connectivity index (χ0) is 10.2. The highest BCUT2D eigenvalue weighted by molar-refractivity contribution is 14.1. The standard InChI is InChI=1S/C6H3ClI2O3S/c7-13(11,12)6-3(8)1-2-4(10)5(6)9/h1-2,10H. The Kier molecular flexibility index (Phi) is 3.69. The van der Waals surface area contributed by atoms with Gasteiger partial charge in [-0.25, -0.2) is 8.42 Å². The third kappa shape index (κ3) is 2.60. The molecular formula is C6H3ClI2O3S. The topological polar surface area (TPSA) is 54.4 Å². The van der Waals surface area contributed by atoms with E-state index in [2.05, 4.69) is 0 Å². The lowest BCUT2D eigenvalue weighted by atomic mass is 10.3. The molecule has 0 fully saturated rings. The summed E-state index contributed by atoms with van der Waals surface area (Å²) in [6.45, 7) is 0. The van der Waals surface area contributed by atoms with Gasteiger partial charge < -0.3 is 5.11 Å². The molecule has 0 radical (unpaired) electrons. The number of hydrogen-bond acceptors (Lipinski definition) is 3. The molecule has 1 aromatic carbocycles. The van der Waals surface area contributed by atoms with E-state index in [1.807, 2.05) is 22.6 Å². The maximum absolute atomic E-state index is 11.1. The molecule has 0 saturated carbocycles. The molecule has 0 saturated heterocycles. The van der Waals surface area contributed by atoms with Crippen molar-refractivity contribution in [3.05, 3.63) is 19.3 Å². The van der Waals surface area contributed by atoms with Gasteiger partial charge in [-0.1, -0.05) is 0 Å². The van der Waals surface area contributed by atoms with Crippen molar-refractivity contribution in [2.45, 2.75) is 4.90 Å². The van der Waals surface area contributed by atoms with Crippen LogP contribution in [0.15, 0.2) is 17.0 Å². The van der Waals surface area contributed by atoms with Gasteiger partial charge in [0, 0.05) is 14.3 Å². The minimum atomic E-state index is -3.79. The van der Waals surface area contributed by atoms with Crippen molar-refractivity contribution in [1.82, 2.24) is 0 Å². The van der Waals surface area contributed by atoms with Crippen LogP contribution in [0, 0.1) is 7.14 Å². The maximum atomic E-state index is 11.1. The van der Waals surface area contributed by atoms with Crippen LogP contribution in [0.1, 0.15) is 0 Å². The Morgan fingerprint density at radius 2 is 1.85 bits per heavy atom. The van der Waals surface area contributed by atoms with E-state index in [-0.39, 0.29) is 14.2 Å². The summed E-state index contributed by atoms with van der Waals surface area (Å²) in [5, 5.41) is 9.25. The second kappa shape index (κ2) is 4.07. The molecule has 0 amide bonds. The predicted octanol–water partition coefficient (Wildman–Crippen LogP) is 2.53. The monoisotopic (exact) mass is 444 g/mol. The molecule has 1 rings (SSSR count). The fraction of sp³-hybridized carbons (Fsp3) is 0. The number of benzene rings is 1. The van der Waals surface area contributed by atoms with Gasteiger partial charge >= 0.3 is 0 Å². The Bertz CT molecular complexity index is 443. The first-order valence-corrected chi connectivity index (χ1v) is 7.42. The third-order valence-electron chi connectivity index (χ3n) is 1.27. The summed E-state index contributed by atoms with van der Waals surface area (Å²) in [7, 11) is 1.40. The molecule has 0 bridgehead atoms. The second-order valence-corrected chi connectivity index (χ2v) is 6.89. The number of hydrogen-bond donors (Lipinski definition) is 1. The Balaban J connectivity index is 3.62. The summed E-state index contributed by atoms with van der Waals surface area (Å²) in [6.07, 6.45) is 0. The van der Waals surface area contributed by atoms with Crippen molar-refractivity contribution < 1.29 is 13.5 Å². The van der Waals surface area contributed by atoms with Gasteiger partial charge in [-0.3, -0.25) is 0 Å². The van der Waals surface area contributed by atoms with E-state index < -0.39 is 9.05 Å². The normalized spacial score (nSPS) is 11.6. The van der Waals surface area contributed by atoms with Crippen molar-refractivity contribution in [3.63, 3.8) is 0 Å². The van der Waals surface area contributed by atoms with Gasteiger partial charge in [0.1, 0.15) is 10.6 Å². The van der Waals surface area contributed by atoms with Crippen molar-refractivity contribution in [2.75, 3.05) is 0 Å². The Morgan fingerprint density at radius 1 is 1.31 bits per heavy atom. The van der Waals surface area contributed by atoms with Crippen LogP contribution in [-0.2, 0) is 9.05 Å². The van der Waals surface area contributed by atoms with Crippen LogP contribution in [0.2, 0.25) is 0 Å². The molecule has 0 spiro atoms. The Labute approximate surface area is 107 Å². The smallest absolute Gasteiger partial charge is 0.263 e. The second-order valence-electron chi connectivity index (χ2n) is 2.15. The van der Waals surface area contributed by atoms with Crippen LogP contribution in [0.3, 0.4) is 0 Å². The molecule has 0 aliphatic carbocycles. The minimum absolute atomic E-state index is 0.0321. The third-order valence-corrected chi connectivity index (χ3v) is 5.37. The van der Waals surface area contributed by atoms with Crippen LogP contribution < -0.4 is 0 Å². The first-order valence-electron chi connectivity index (χ1n) is 2.95. The predicted molar refractivity (Wildman–Crippen MR) is 66.6 cm³/mol. The van der Waals surface area contributed by atoms with Crippen LogP contribution in [0.5, 0.6) is 5.75 Å². The Hall–Kier alpha value is 0.720. The minimum Gasteiger partial charge on any atom is -0.507 e. The van der Waals surface area contributed by atoms with E-state index >= 15 is 0 Å². The molecule has 0 aliphatic rings. The highest BCUT2D eigenvalue weighted by atomic mass is 127. The molecule has 72 valence electrons. The summed E-state index contributed by atoms with van der Waals surface area (Å²) in [5.41, 5.74) is 0. The van der Waals surface area contributed by atoms with Crippen molar-refractivity contribution in [2.24, 2.45) is 0 Å². The molecule has 0 unspecified atom stereocenters. The summed E-state index contributed by atoms with van der Waals surface area (Å²) in [4.78, 5) is -0.0321. The lowest BCUT2D eigenvalue weighted by Gasteiger charge is -2.04. The summed E-state index contributed by atoms with van der Waals surface area (Å²) < 4.78 is 22.9. The average molecular weight is 444 g/mol. The molecule has 1 aromatic rings. The molecule has 13 heavy (non-hydrogen) atoms. The van der Waals surface area contributed by atoms with Crippen LogP contribution >= 0.6 is 55.9 Å². The van der Waals surface area contributed by atoms with E-state index in [1.165, 1.54) is 12.1 Å². The van der Waals surface area contributed by atoms with Crippen molar-refractivity contribution in [3.8, 4) is 5.75 Å². The molecule has 0 heterocycles. The summed E-state index contributed by atoms with van der Waals surface area (Å²) in [6, 6.07) is 2.92. The number of aromatic hydroxyl groups is 1. The van der Waals surface area contributed by atoms with Crippen molar-refractivity contribution >= 4 is 64.9 Å². The quantitative estimate of drug-likeness (QED) is 0.535. The fourth-order valence-electron chi connectivity index (χ4n) is 0.746. The number of phenols is 1. The lowest BCUT2D eigenvalue weighted by Crippen LogP contribution is -1.98. The van der Waals surface area contributed by atoms with Gasteiger partial charge in [0.15, 0.2) is 0 Å². The highest BCUT2D eigenvalue weighted by Gasteiger charge is 2.20. The first-order chi connectivity index (χ1) is 5.84. The van der Waals surface area contributed by atoms with Gasteiger partial charge in [-0.15, -0.1) is 0 Å². The molecule has 0 atom stereocenters. The van der Waals surface area contributed by atoms with E-state index in [1.54, 1.807) is 22.6 Å². The lowest BCUT2D eigenvalue weighted by molar-refractivity contribution is 0.468. The summed E-state index contributed by atoms with van der Waals surface area (Å²) >= 11 is 3.59. The van der Waals surface area contributed by atoms with Crippen LogP contribution in [0.4, 0.5) is 0 Å². The maximum Gasteiger partial charge on any atom is 0.263 e. The van der Waals surface area contributed by atoms with Gasteiger partial charge in [-0.2, -0.15) is 0 Å². The highest BCUT2D eigenvalue weighted by Crippen LogP contribution is 2.32. The van der Waals surface area contributed by atoms with Gasteiger partial charge in [0.25, 0.3) is 9.05 Å². The van der Waals surface area contributed by atoms with E-state index in [0.717, 1.165) is 0 Å². The van der Waals surface area contributed by atoms with Crippen LogP contribution in [-0.4, -0.2) is 13.5 Å². The molecular weight excluding hydrogens is 441 g/mol. The SMILES string of the molecule is O=S(=O)(Cl)c1c(I)ccc(O)c1I. The molecule has 0 aliphatic heterocycles. The molecule has 0 aromatic heterocycles. The largest absolute Gasteiger partial charge is 0.507 e. The molecule has 1 N–H and O–H groups in total. The van der Waals surface area contributed by atoms with Gasteiger partial charge in [0.2, 0.25) is 0 Å². The number of halogens is 3. The zero-order valence-electron chi connectivity index (χ0n) is 5.96. The number of rotatable bonds is 1. The van der Waals surface area contributed by atoms with E-state index in [9.17, 15) is 13.5 Å². The average Bonchev–Trinajstić information content (AvgIpc) is 1.95. The van der Waals surface area contributed by atoms with Gasteiger partial charge in [0.05, 0.1) is 3.57 Å². The van der Waals surface area contributed by atoms with E-state index in [0.29, 0.717) is 3.57 Å². The Morgan fingerprint density at radius 3 is 2.23 bits per heavy atom. The first kappa shape index (κ1) is 11.8. The van der Waals surface area contributed by atoms with Gasteiger partial charge in [-0.05, 0) is 57.3 Å². The van der Waals surface area contributed by atoms with Crippen molar-refractivity contribution in [1.29, 1.82) is 0 Å². The molecule has 7 heteroatoms.